The zero-order valence-electron chi connectivity index (χ0n) is 17.7. The number of aromatic nitrogens is 2. The lowest BCUT2D eigenvalue weighted by molar-refractivity contribution is -0.122. The van der Waals surface area contributed by atoms with Crippen molar-refractivity contribution < 1.29 is 19.1 Å². The number of carbonyl (C=O) groups is 2. The summed E-state index contributed by atoms with van der Waals surface area (Å²) in [6.45, 7) is 0.897. The van der Waals surface area contributed by atoms with Crippen LogP contribution in [0.4, 0.5) is 0 Å². The molecule has 0 bridgehead atoms. The molecule has 2 amide bonds. The highest BCUT2D eigenvalue weighted by Gasteiger charge is 2.35. The first-order valence-corrected chi connectivity index (χ1v) is 10.2. The molecule has 0 fully saturated rings. The van der Waals surface area contributed by atoms with Gasteiger partial charge >= 0.3 is 0 Å². The van der Waals surface area contributed by atoms with E-state index in [4.69, 9.17) is 15.2 Å². The van der Waals surface area contributed by atoms with Crippen molar-refractivity contribution in [3.63, 3.8) is 0 Å². The molecule has 4 N–H and O–H groups in total. The van der Waals surface area contributed by atoms with Crippen LogP contribution in [0.3, 0.4) is 0 Å². The second kappa shape index (κ2) is 7.58. The molecule has 8 nitrogen and oxygen atoms in total. The Morgan fingerprint density at radius 2 is 1.69 bits per heavy atom. The lowest BCUT2D eigenvalue weighted by atomic mass is 9.95. The highest BCUT2D eigenvalue weighted by molar-refractivity contribution is 6.50. The van der Waals surface area contributed by atoms with Gasteiger partial charge in [0.25, 0.3) is 11.8 Å². The molecule has 2 aromatic heterocycles. The van der Waals surface area contributed by atoms with E-state index in [1.54, 1.807) is 26.5 Å². The minimum atomic E-state index is -0.433. The summed E-state index contributed by atoms with van der Waals surface area (Å²) in [6, 6.07) is 11.3. The molecule has 32 heavy (non-hydrogen) atoms. The van der Waals surface area contributed by atoms with Crippen LogP contribution < -0.4 is 20.5 Å². The largest absolute Gasteiger partial charge is 0.493 e. The molecule has 0 spiro atoms. The van der Waals surface area contributed by atoms with E-state index in [1.807, 2.05) is 41.1 Å². The summed E-state index contributed by atoms with van der Waals surface area (Å²) >= 11 is 0. The zero-order chi connectivity index (χ0) is 22.4. The summed E-state index contributed by atoms with van der Waals surface area (Å²) < 4.78 is 13.0. The maximum atomic E-state index is 13.0. The number of hydrogen-bond acceptors (Lipinski definition) is 5. The van der Waals surface area contributed by atoms with Crippen molar-refractivity contribution in [3.8, 4) is 11.5 Å². The Hall–Kier alpha value is -4.04. The normalized spacial score (nSPS) is 14.0. The molecule has 4 aromatic rings. The summed E-state index contributed by atoms with van der Waals surface area (Å²) in [5.74, 6) is 0.260. The predicted molar refractivity (Wildman–Crippen MR) is 122 cm³/mol. The fourth-order valence-corrected chi connectivity index (χ4v) is 4.47. The van der Waals surface area contributed by atoms with E-state index in [0.717, 1.165) is 21.8 Å². The topological polar surface area (TPSA) is 111 Å². The predicted octanol–water partition coefficient (Wildman–Crippen LogP) is 2.67. The molecule has 162 valence electrons. The Morgan fingerprint density at radius 1 is 0.938 bits per heavy atom. The fraction of sp³-hybridized carbons (Fsp3) is 0.167. The Labute approximate surface area is 183 Å². The molecule has 1 aliphatic rings. The molecule has 0 radical (unpaired) electrons. The second-order valence-electron chi connectivity index (χ2n) is 7.50. The van der Waals surface area contributed by atoms with Gasteiger partial charge in [-0.05, 0) is 18.2 Å². The van der Waals surface area contributed by atoms with Gasteiger partial charge in [0.15, 0.2) is 11.5 Å². The van der Waals surface area contributed by atoms with E-state index in [2.05, 4.69) is 10.3 Å². The average Bonchev–Trinajstić information content (AvgIpc) is 3.46. The van der Waals surface area contributed by atoms with Gasteiger partial charge in [-0.25, -0.2) is 0 Å². The highest BCUT2D eigenvalue weighted by atomic mass is 16.5. The van der Waals surface area contributed by atoms with Gasteiger partial charge in [0.2, 0.25) is 0 Å². The first-order valence-electron chi connectivity index (χ1n) is 10.2. The van der Waals surface area contributed by atoms with Crippen molar-refractivity contribution in [1.82, 2.24) is 14.9 Å². The molecule has 8 heteroatoms. The van der Waals surface area contributed by atoms with Crippen molar-refractivity contribution in [2.24, 2.45) is 5.73 Å². The standard InChI is InChI=1S/C24H22N4O4/c1-31-18-8-7-14-16(12-28(10-9-25)21(14)22(18)32-2)20-19(23(29)27-24(20)30)15-11-26-17-6-4-3-5-13(15)17/h3-8,11-12,26H,9-10,25H2,1-2H3,(H,27,29,30). The molecule has 0 unspecified atom stereocenters. The molecular weight excluding hydrogens is 408 g/mol. The second-order valence-corrected chi connectivity index (χ2v) is 7.50. The van der Waals surface area contributed by atoms with Crippen molar-refractivity contribution in [2.45, 2.75) is 6.54 Å². The van der Waals surface area contributed by atoms with E-state index in [-0.39, 0.29) is 0 Å². The van der Waals surface area contributed by atoms with Gasteiger partial charge in [-0.15, -0.1) is 0 Å². The fourth-order valence-electron chi connectivity index (χ4n) is 4.47. The maximum Gasteiger partial charge on any atom is 0.259 e. The van der Waals surface area contributed by atoms with Crippen LogP contribution >= 0.6 is 0 Å². The van der Waals surface area contributed by atoms with Gasteiger partial charge in [0, 0.05) is 52.9 Å². The minimum Gasteiger partial charge on any atom is -0.493 e. The van der Waals surface area contributed by atoms with Crippen LogP contribution in [0.1, 0.15) is 11.1 Å². The van der Waals surface area contributed by atoms with Crippen LogP contribution in [-0.2, 0) is 16.1 Å². The number of imide groups is 1. The summed E-state index contributed by atoms with van der Waals surface area (Å²) in [7, 11) is 3.14. The zero-order valence-corrected chi connectivity index (χ0v) is 17.7. The van der Waals surface area contributed by atoms with Crippen LogP contribution in [0.25, 0.3) is 33.0 Å². The Balaban J connectivity index is 1.85. The van der Waals surface area contributed by atoms with Gasteiger partial charge in [-0.1, -0.05) is 18.2 Å². The molecule has 0 atom stereocenters. The molecule has 1 aliphatic heterocycles. The lowest BCUT2D eigenvalue weighted by Crippen LogP contribution is -2.22. The first-order chi connectivity index (χ1) is 15.6. The highest BCUT2D eigenvalue weighted by Crippen LogP contribution is 2.43. The van der Waals surface area contributed by atoms with Crippen LogP contribution in [0.15, 0.2) is 48.8 Å². The Kier molecular flexibility index (Phi) is 4.71. The van der Waals surface area contributed by atoms with E-state index in [0.29, 0.717) is 46.9 Å². The summed E-state index contributed by atoms with van der Waals surface area (Å²) in [6.07, 6.45) is 3.61. The van der Waals surface area contributed by atoms with E-state index in [9.17, 15) is 9.59 Å². The van der Waals surface area contributed by atoms with E-state index >= 15 is 0 Å². The number of carbonyl (C=O) groups excluding carboxylic acids is 2. The number of ether oxygens (including phenoxy) is 2. The average molecular weight is 430 g/mol. The third-order valence-electron chi connectivity index (χ3n) is 5.81. The number of nitrogens with one attached hydrogen (secondary N) is 2. The third-order valence-corrected chi connectivity index (χ3v) is 5.81. The lowest BCUT2D eigenvalue weighted by Gasteiger charge is -2.11. The van der Waals surface area contributed by atoms with Crippen molar-refractivity contribution in [3.05, 3.63) is 59.9 Å². The summed E-state index contributed by atoms with van der Waals surface area (Å²) in [5, 5.41) is 4.11. The van der Waals surface area contributed by atoms with Gasteiger partial charge in [0.05, 0.1) is 30.9 Å². The molecule has 0 aliphatic carbocycles. The molecular formula is C24H22N4O4. The number of rotatable bonds is 6. The minimum absolute atomic E-state index is 0.327. The maximum absolute atomic E-state index is 13.0. The molecule has 5 rings (SSSR count). The number of amides is 2. The van der Waals surface area contributed by atoms with Gasteiger partial charge in [-0.2, -0.15) is 0 Å². The third kappa shape index (κ3) is 2.80. The van der Waals surface area contributed by atoms with Crippen LogP contribution in [-0.4, -0.2) is 42.1 Å². The number of fused-ring (bicyclic) bond motifs is 2. The number of hydrogen-bond donors (Lipinski definition) is 3. The van der Waals surface area contributed by atoms with Crippen LogP contribution in [0.5, 0.6) is 11.5 Å². The first kappa shape index (κ1) is 19.9. The summed E-state index contributed by atoms with van der Waals surface area (Å²) in [4.78, 5) is 29.1. The van der Waals surface area contributed by atoms with Gasteiger partial charge in [0.1, 0.15) is 0 Å². The molecule has 0 saturated heterocycles. The smallest absolute Gasteiger partial charge is 0.259 e. The number of H-pyrrole nitrogens is 1. The van der Waals surface area contributed by atoms with Crippen molar-refractivity contribution in [1.29, 1.82) is 0 Å². The number of nitrogens with zero attached hydrogens (tertiary/aromatic N) is 1. The molecule has 0 saturated carbocycles. The monoisotopic (exact) mass is 430 g/mol. The van der Waals surface area contributed by atoms with Crippen LogP contribution in [0.2, 0.25) is 0 Å². The SMILES string of the molecule is COc1ccc2c(C3=C(c4c[nH]c5ccccc45)C(=O)NC3=O)cn(CCN)c2c1OC. The molecule has 2 aromatic carbocycles. The quantitative estimate of drug-likeness (QED) is 0.407. The Bertz CT molecular complexity index is 1430. The number of methoxy groups -OCH3 is 2. The van der Waals surface area contributed by atoms with Crippen LogP contribution in [0, 0.1) is 0 Å². The number of aromatic amines is 1. The van der Waals surface area contributed by atoms with Gasteiger partial charge in [-0.3, -0.25) is 14.9 Å². The summed E-state index contributed by atoms with van der Waals surface area (Å²) in [5.41, 5.74) is 9.48. The van der Waals surface area contributed by atoms with E-state index < -0.39 is 11.8 Å². The molecule has 3 heterocycles. The number of para-hydroxylation sites is 1. The van der Waals surface area contributed by atoms with E-state index in [1.165, 1.54) is 0 Å². The van der Waals surface area contributed by atoms with Crippen molar-refractivity contribution in [2.75, 3.05) is 20.8 Å². The van der Waals surface area contributed by atoms with Crippen molar-refractivity contribution >= 4 is 44.8 Å². The number of benzene rings is 2. The number of nitrogens with two attached hydrogens (primary N) is 1. The van der Waals surface area contributed by atoms with Gasteiger partial charge < -0.3 is 24.8 Å². The Morgan fingerprint density at radius 3 is 2.41 bits per heavy atom.